The van der Waals surface area contributed by atoms with E-state index in [0.717, 1.165) is 12.1 Å². The molecule has 0 saturated heterocycles. The van der Waals surface area contributed by atoms with Gasteiger partial charge in [0.05, 0.1) is 0 Å². The molecule has 1 aromatic rings. The maximum atomic E-state index is 11.5. The average Bonchev–Trinajstić information content (AvgIpc) is 2.37. The largest absolute Gasteiger partial charge is 0.338 e. The lowest BCUT2D eigenvalue weighted by Gasteiger charge is -2.23. The second-order valence-electron chi connectivity index (χ2n) is 5.05. The number of amides is 2. The van der Waals surface area contributed by atoms with Gasteiger partial charge >= 0.3 is 6.03 Å². The van der Waals surface area contributed by atoms with Gasteiger partial charge in [-0.3, -0.25) is 0 Å². The van der Waals surface area contributed by atoms with Gasteiger partial charge in [-0.2, -0.15) is 0 Å². The average molecular weight is 249 g/mol. The number of hydrogen-bond donors (Lipinski definition) is 3. The number of hydrogen-bond acceptors (Lipinski definition) is 2. The third-order valence-electron chi connectivity index (χ3n) is 2.97. The summed E-state index contributed by atoms with van der Waals surface area (Å²) >= 11 is 0. The van der Waals surface area contributed by atoms with Crippen molar-refractivity contribution in [3.05, 3.63) is 29.8 Å². The van der Waals surface area contributed by atoms with Crippen LogP contribution in [-0.2, 0) is 5.41 Å². The zero-order valence-electron chi connectivity index (χ0n) is 11.4. The minimum absolute atomic E-state index is 0.0387. The molecule has 4 N–H and O–H groups in total. The van der Waals surface area contributed by atoms with Crippen LogP contribution in [0.1, 0.15) is 32.8 Å². The van der Waals surface area contributed by atoms with Crippen LogP contribution in [0.15, 0.2) is 24.3 Å². The Morgan fingerprint density at radius 2 is 1.89 bits per heavy atom. The summed E-state index contributed by atoms with van der Waals surface area (Å²) in [6, 6.07) is 7.64. The molecule has 0 aliphatic carbocycles. The van der Waals surface area contributed by atoms with Gasteiger partial charge in [0.15, 0.2) is 0 Å². The molecule has 0 bridgehead atoms. The number of rotatable bonds is 5. The molecule has 1 aromatic carbocycles. The van der Waals surface area contributed by atoms with Crippen molar-refractivity contribution in [2.24, 2.45) is 5.73 Å². The molecule has 0 unspecified atom stereocenters. The molecular formula is C14H23N3O. The summed E-state index contributed by atoms with van der Waals surface area (Å²) in [4.78, 5) is 11.5. The topological polar surface area (TPSA) is 67.2 Å². The standard InChI is InChI=1S/C14H23N3O/c1-4-9-16-13(18)17-12-7-5-11(6-8-12)14(2,3)10-15/h5-8H,4,9-10,15H2,1-3H3,(H2,16,17,18). The molecule has 4 nitrogen and oxygen atoms in total. The highest BCUT2D eigenvalue weighted by molar-refractivity contribution is 5.89. The van der Waals surface area contributed by atoms with Crippen molar-refractivity contribution < 1.29 is 4.79 Å². The number of carbonyl (C=O) groups is 1. The first-order valence-electron chi connectivity index (χ1n) is 6.35. The van der Waals surface area contributed by atoms with Crippen LogP contribution in [0.5, 0.6) is 0 Å². The highest BCUT2D eigenvalue weighted by Gasteiger charge is 2.17. The van der Waals surface area contributed by atoms with Gasteiger partial charge < -0.3 is 16.4 Å². The van der Waals surface area contributed by atoms with Crippen molar-refractivity contribution in [2.45, 2.75) is 32.6 Å². The molecule has 4 heteroatoms. The maximum Gasteiger partial charge on any atom is 0.319 e. The van der Waals surface area contributed by atoms with Crippen LogP contribution >= 0.6 is 0 Å². The Hall–Kier alpha value is -1.55. The lowest BCUT2D eigenvalue weighted by Crippen LogP contribution is -2.29. The van der Waals surface area contributed by atoms with Crippen LogP contribution in [0.25, 0.3) is 0 Å². The first kappa shape index (κ1) is 14.5. The molecule has 0 aromatic heterocycles. The number of anilines is 1. The van der Waals surface area contributed by atoms with E-state index in [1.807, 2.05) is 31.2 Å². The molecule has 0 fully saturated rings. The Labute approximate surface area is 109 Å². The van der Waals surface area contributed by atoms with E-state index in [4.69, 9.17) is 5.73 Å². The number of benzene rings is 1. The fraction of sp³-hybridized carbons (Fsp3) is 0.500. The van der Waals surface area contributed by atoms with Crippen molar-refractivity contribution >= 4 is 11.7 Å². The Kier molecular flexibility index (Phi) is 5.16. The van der Waals surface area contributed by atoms with Gasteiger partial charge in [-0.15, -0.1) is 0 Å². The molecule has 1 rings (SSSR count). The van der Waals surface area contributed by atoms with Gasteiger partial charge in [-0.1, -0.05) is 32.9 Å². The Balaban J connectivity index is 2.63. The smallest absolute Gasteiger partial charge is 0.319 e. The summed E-state index contributed by atoms with van der Waals surface area (Å²) < 4.78 is 0. The summed E-state index contributed by atoms with van der Waals surface area (Å²) in [6.07, 6.45) is 0.928. The van der Waals surface area contributed by atoms with Gasteiger partial charge in [0.25, 0.3) is 0 Å². The predicted octanol–water partition coefficient (Wildman–Crippen LogP) is 2.45. The number of nitrogens with two attached hydrogens (primary N) is 1. The molecule has 0 aliphatic heterocycles. The SMILES string of the molecule is CCCNC(=O)Nc1ccc(C(C)(C)CN)cc1. The summed E-state index contributed by atoms with van der Waals surface area (Å²) in [5.74, 6) is 0. The minimum atomic E-state index is -0.164. The third kappa shape index (κ3) is 4.04. The van der Waals surface area contributed by atoms with Crippen LogP contribution in [0.2, 0.25) is 0 Å². The van der Waals surface area contributed by atoms with E-state index in [0.29, 0.717) is 13.1 Å². The van der Waals surface area contributed by atoms with Crippen LogP contribution < -0.4 is 16.4 Å². The lowest BCUT2D eigenvalue weighted by atomic mass is 9.85. The van der Waals surface area contributed by atoms with E-state index in [-0.39, 0.29) is 11.4 Å². The highest BCUT2D eigenvalue weighted by Crippen LogP contribution is 2.23. The van der Waals surface area contributed by atoms with Gasteiger partial charge in [0, 0.05) is 24.2 Å². The van der Waals surface area contributed by atoms with Crippen molar-refractivity contribution in [1.29, 1.82) is 0 Å². The molecule has 0 aliphatic rings. The summed E-state index contributed by atoms with van der Waals surface area (Å²) in [5, 5.41) is 5.56. The van der Waals surface area contributed by atoms with Gasteiger partial charge in [0.1, 0.15) is 0 Å². The monoisotopic (exact) mass is 249 g/mol. The highest BCUT2D eigenvalue weighted by atomic mass is 16.2. The third-order valence-corrected chi connectivity index (χ3v) is 2.97. The van der Waals surface area contributed by atoms with Crippen LogP contribution in [0.4, 0.5) is 10.5 Å². The van der Waals surface area contributed by atoms with Crippen molar-refractivity contribution in [2.75, 3.05) is 18.4 Å². The quantitative estimate of drug-likeness (QED) is 0.750. The van der Waals surface area contributed by atoms with Crippen molar-refractivity contribution in [3.8, 4) is 0 Å². The number of nitrogens with one attached hydrogen (secondary N) is 2. The Morgan fingerprint density at radius 1 is 1.28 bits per heavy atom. The van der Waals surface area contributed by atoms with E-state index < -0.39 is 0 Å². The van der Waals surface area contributed by atoms with E-state index >= 15 is 0 Å². The molecule has 0 saturated carbocycles. The second kappa shape index (κ2) is 6.40. The summed E-state index contributed by atoms with van der Waals surface area (Å²) in [7, 11) is 0. The summed E-state index contributed by atoms with van der Waals surface area (Å²) in [6.45, 7) is 7.50. The Bertz CT molecular complexity index is 385. The minimum Gasteiger partial charge on any atom is -0.338 e. The maximum absolute atomic E-state index is 11.5. The van der Waals surface area contributed by atoms with Crippen LogP contribution in [0.3, 0.4) is 0 Å². The molecule has 2 amide bonds. The number of urea groups is 1. The van der Waals surface area contributed by atoms with Crippen molar-refractivity contribution in [1.82, 2.24) is 5.32 Å². The Morgan fingerprint density at radius 3 is 2.39 bits per heavy atom. The van der Waals surface area contributed by atoms with E-state index in [2.05, 4.69) is 24.5 Å². The normalized spacial score (nSPS) is 11.1. The van der Waals surface area contributed by atoms with E-state index in [9.17, 15) is 4.79 Å². The molecule has 0 radical (unpaired) electrons. The molecule has 0 atom stereocenters. The fourth-order valence-electron chi connectivity index (χ4n) is 1.54. The summed E-state index contributed by atoms with van der Waals surface area (Å²) in [5.41, 5.74) is 7.66. The predicted molar refractivity (Wildman–Crippen MR) is 75.8 cm³/mol. The molecule has 100 valence electrons. The molecule has 0 heterocycles. The van der Waals surface area contributed by atoms with Crippen LogP contribution in [-0.4, -0.2) is 19.1 Å². The zero-order chi connectivity index (χ0) is 13.6. The van der Waals surface area contributed by atoms with E-state index in [1.54, 1.807) is 0 Å². The first-order chi connectivity index (χ1) is 8.49. The molecule has 18 heavy (non-hydrogen) atoms. The van der Waals surface area contributed by atoms with Crippen molar-refractivity contribution in [3.63, 3.8) is 0 Å². The van der Waals surface area contributed by atoms with Gasteiger partial charge in [-0.05, 0) is 24.1 Å². The fourth-order valence-corrected chi connectivity index (χ4v) is 1.54. The van der Waals surface area contributed by atoms with E-state index in [1.165, 1.54) is 5.56 Å². The zero-order valence-corrected chi connectivity index (χ0v) is 11.4. The van der Waals surface area contributed by atoms with Crippen LogP contribution in [0, 0.1) is 0 Å². The molecule has 0 spiro atoms. The van der Waals surface area contributed by atoms with Gasteiger partial charge in [-0.25, -0.2) is 4.79 Å². The second-order valence-corrected chi connectivity index (χ2v) is 5.05. The number of carbonyl (C=O) groups excluding carboxylic acids is 1. The lowest BCUT2D eigenvalue weighted by molar-refractivity contribution is 0.252. The molecular weight excluding hydrogens is 226 g/mol. The first-order valence-corrected chi connectivity index (χ1v) is 6.35. The van der Waals surface area contributed by atoms with Gasteiger partial charge in [0.2, 0.25) is 0 Å².